The van der Waals surface area contributed by atoms with Crippen molar-refractivity contribution in [2.45, 2.75) is 0 Å². The van der Waals surface area contributed by atoms with Crippen LogP contribution in [-0.4, -0.2) is 42.7 Å². The van der Waals surface area contributed by atoms with Gasteiger partial charge in [0.05, 0.1) is 7.11 Å². The Morgan fingerprint density at radius 1 is 1.24 bits per heavy atom. The topological polar surface area (TPSA) is 120 Å². The summed E-state index contributed by atoms with van der Waals surface area (Å²) >= 11 is 0. The van der Waals surface area contributed by atoms with E-state index in [0.717, 1.165) is 6.08 Å². The maximum absolute atomic E-state index is 11.9. The number of carbonyl (C=O) groups excluding carboxylic acids is 3. The van der Waals surface area contributed by atoms with Crippen molar-refractivity contribution in [3.8, 4) is 17.6 Å². The van der Waals surface area contributed by atoms with Gasteiger partial charge in [-0.2, -0.15) is 5.26 Å². The van der Waals surface area contributed by atoms with E-state index in [9.17, 15) is 14.4 Å². The van der Waals surface area contributed by atoms with Gasteiger partial charge in [0, 0.05) is 19.3 Å². The van der Waals surface area contributed by atoms with Crippen LogP contribution in [0.25, 0.3) is 6.08 Å². The number of methoxy groups -OCH3 is 1. The Labute approximate surface area is 167 Å². The van der Waals surface area contributed by atoms with E-state index in [0.29, 0.717) is 22.8 Å². The molecule has 1 heterocycles. The largest absolute Gasteiger partial charge is 0.493 e. The molecule has 0 aliphatic carbocycles. The molecule has 150 valence electrons. The molecule has 2 amide bonds. The van der Waals surface area contributed by atoms with Gasteiger partial charge < -0.3 is 18.8 Å². The molecular formula is C20H19N3O6. The van der Waals surface area contributed by atoms with E-state index in [4.69, 9.17) is 19.5 Å². The minimum Gasteiger partial charge on any atom is -0.493 e. The summed E-state index contributed by atoms with van der Waals surface area (Å²) in [5.41, 5.74) is 0.923. The lowest BCUT2D eigenvalue weighted by Crippen LogP contribution is -2.34. The van der Waals surface area contributed by atoms with Gasteiger partial charge in [-0.15, -0.1) is 0 Å². The van der Waals surface area contributed by atoms with E-state index in [-0.39, 0.29) is 6.61 Å². The van der Waals surface area contributed by atoms with Gasteiger partial charge in [-0.25, -0.2) is 4.79 Å². The van der Waals surface area contributed by atoms with Crippen molar-refractivity contribution in [3.05, 3.63) is 53.9 Å². The lowest BCUT2D eigenvalue weighted by Gasteiger charge is -2.08. The molecular weight excluding hydrogens is 378 g/mol. The first-order valence-corrected chi connectivity index (χ1v) is 8.42. The SMILES string of the molecule is COc1cc(/C=C/C(=O)OCC(=O)NC(=O)c2cccn2C)ccc1OCC#N. The van der Waals surface area contributed by atoms with E-state index >= 15 is 0 Å². The number of amides is 2. The number of carbonyl (C=O) groups is 3. The van der Waals surface area contributed by atoms with Crippen LogP contribution in [0, 0.1) is 11.3 Å². The van der Waals surface area contributed by atoms with Crippen LogP contribution in [0.15, 0.2) is 42.6 Å². The number of aryl methyl sites for hydroxylation is 1. The first kappa shape index (κ1) is 21.2. The number of aromatic nitrogens is 1. The highest BCUT2D eigenvalue weighted by molar-refractivity contribution is 6.04. The van der Waals surface area contributed by atoms with Gasteiger partial charge in [-0.05, 0) is 35.9 Å². The lowest BCUT2D eigenvalue weighted by molar-refractivity contribution is -0.143. The monoisotopic (exact) mass is 397 g/mol. The van der Waals surface area contributed by atoms with E-state index in [1.54, 1.807) is 48.1 Å². The molecule has 1 aromatic carbocycles. The number of benzene rings is 1. The Morgan fingerprint density at radius 3 is 2.69 bits per heavy atom. The van der Waals surface area contributed by atoms with Gasteiger partial charge >= 0.3 is 5.97 Å². The summed E-state index contributed by atoms with van der Waals surface area (Å²) in [6.07, 6.45) is 4.27. The van der Waals surface area contributed by atoms with E-state index < -0.39 is 24.4 Å². The zero-order valence-electron chi connectivity index (χ0n) is 15.9. The van der Waals surface area contributed by atoms with Crippen molar-refractivity contribution in [2.75, 3.05) is 20.3 Å². The van der Waals surface area contributed by atoms with Gasteiger partial charge in [0.15, 0.2) is 24.7 Å². The lowest BCUT2D eigenvalue weighted by atomic mass is 10.2. The normalized spacial score (nSPS) is 10.2. The first-order chi connectivity index (χ1) is 13.9. The number of nitrogens with zero attached hydrogens (tertiary/aromatic N) is 2. The third kappa shape index (κ3) is 6.25. The fourth-order valence-corrected chi connectivity index (χ4v) is 2.29. The van der Waals surface area contributed by atoms with Gasteiger partial charge in [-0.3, -0.25) is 14.9 Å². The molecule has 2 aromatic rings. The number of hydrogen-bond donors (Lipinski definition) is 1. The number of imide groups is 1. The highest BCUT2D eigenvalue weighted by atomic mass is 16.5. The van der Waals surface area contributed by atoms with Crippen LogP contribution in [0.1, 0.15) is 16.1 Å². The molecule has 1 aromatic heterocycles. The summed E-state index contributed by atoms with van der Waals surface area (Å²) in [5.74, 6) is -1.28. The maximum Gasteiger partial charge on any atom is 0.331 e. The second-order valence-corrected chi connectivity index (χ2v) is 5.68. The Hall–Kier alpha value is -4.06. The van der Waals surface area contributed by atoms with E-state index in [1.807, 2.05) is 6.07 Å². The van der Waals surface area contributed by atoms with Gasteiger partial charge in [-0.1, -0.05) is 6.07 Å². The second kappa shape index (κ2) is 10.3. The molecule has 0 radical (unpaired) electrons. The molecule has 0 saturated heterocycles. The Kier molecular flexibility index (Phi) is 7.56. The highest BCUT2D eigenvalue weighted by Crippen LogP contribution is 2.28. The summed E-state index contributed by atoms with van der Waals surface area (Å²) in [6, 6.07) is 9.96. The average molecular weight is 397 g/mol. The van der Waals surface area contributed by atoms with Gasteiger partial charge in [0.25, 0.3) is 11.8 Å². The smallest absolute Gasteiger partial charge is 0.331 e. The maximum atomic E-state index is 11.9. The molecule has 1 N–H and O–H groups in total. The van der Waals surface area contributed by atoms with Crippen LogP contribution in [0.5, 0.6) is 11.5 Å². The number of esters is 1. The van der Waals surface area contributed by atoms with E-state index in [1.165, 1.54) is 13.2 Å². The zero-order valence-corrected chi connectivity index (χ0v) is 15.9. The third-order valence-electron chi connectivity index (χ3n) is 3.67. The van der Waals surface area contributed by atoms with Crippen LogP contribution < -0.4 is 14.8 Å². The van der Waals surface area contributed by atoms with Crippen LogP contribution in [0.3, 0.4) is 0 Å². The highest BCUT2D eigenvalue weighted by Gasteiger charge is 2.13. The quantitative estimate of drug-likeness (QED) is 0.529. The fourth-order valence-electron chi connectivity index (χ4n) is 2.29. The van der Waals surface area contributed by atoms with Crippen molar-refractivity contribution in [3.63, 3.8) is 0 Å². The molecule has 0 atom stereocenters. The molecule has 0 fully saturated rings. The van der Waals surface area contributed by atoms with Crippen molar-refractivity contribution in [1.82, 2.24) is 9.88 Å². The molecule has 0 spiro atoms. The van der Waals surface area contributed by atoms with Crippen LogP contribution in [0.4, 0.5) is 0 Å². The molecule has 0 bridgehead atoms. The number of hydrogen-bond acceptors (Lipinski definition) is 7. The number of rotatable bonds is 8. The minimum atomic E-state index is -0.754. The Bertz CT molecular complexity index is 971. The summed E-state index contributed by atoms with van der Waals surface area (Å²) in [7, 11) is 3.12. The van der Waals surface area contributed by atoms with Crippen LogP contribution in [0.2, 0.25) is 0 Å². The Morgan fingerprint density at radius 2 is 2.03 bits per heavy atom. The molecule has 0 aliphatic rings. The molecule has 0 aliphatic heterocycles. The molecule has 0 unspecified atom stereocenters. The third-order valence-corrected chi connectivity index (χ3v) is 3.67. The Balaban J connectivity index is 1.86. The molecule has 2 rings (SSSR count). The van der Waals surface area contributed by atoms with Crippen molar-refractivity contribution < 1.29 is 28.6 Å². The minimum absolute atomic E-state index is 0.119. The van der Waals surface area contributed by atoms with Crippen molar-refractivity contribution in [2.24, 2.45) is 7.05 Å². The summed E-state index contributed by atoms with van der Waals surface area (Å²) < 4.78 is 16.8. The fraction of sp³-hybridized carbons (Fsp3) is 0.200. The van der Waals surface area contributed by atoms with Crippen LogP contribution >= 0.6 is 0 Å². The van der Waals surface area contributed by atoms with Crippen molar-refractivity contribution in [1.29, 1.82) is 5.26 Å². The molecule has 9 nitrogen and oxygen atoms in total. The summed E-state index contributed by atoms with van der Waals surface area (Å²) in [5, 5.41) is 10.7. The van der Waals surface area contributed by atoms with Crippen LogP contribution in [-0.2, 0) is 21.4 Å². The second-order valence-electron chi connectivity index (χ2n) is 5.68. The predicted molar refractivity (Wildman–Crippen MR) is 102 cm³/mol. The number of ether oxygens (including phenoxy) is 3. The average Bonchev–Trinajstić information content (AvgIpc) is 3.15. The van der Waals surface area contributed by atoms with E-state index in [2.05, 4.69) is 5.32 Å². The van der Waals surface area contributed by atoms with Gasteiger partial charge in [0.2, 0.25) is 0 Å². The predicted octanol–water partition coefficient (Wildman–Crippen LogP) is 1.45. The van der Waals surface area contributed by atoms with Gasteiger partial charge in [0.1, 0.15) is 11.8 Å². The summed E-state index contributed by atoms with van der Waals surface area (Å²) in [4.78, 5) is 35.4. The number of nitriles is 1. The number of nitrogens with one attached hydrogen (secondary N) is 1. The zero-order chi connectivity index (χ0) is 21.2. The first-order valence-electron chi connectivity index (χ1n) is 8.42. The molecule has 9 heteroatoms. The molecule has 29 heavy (non-hydrogen) atoms. The summed E-state index contributed by atoms with van der Waals surface area (Å²) in [6.45, 7) is -0.712. The molecule has 0 saturated carbocycles. The van der Waals surface area contributed by atoms with Crippen molar-refractivity contribution >= 4 is 23.9 Å². The standard InChI is InChI=1S/C20H19N3O6/c1-23-10-3-4-15(23)20(26)22-18(24)13-29-19(25)8-6-14-5-7-16(28-11-9-21)17(12-14)27-2/h3-8,10,12H,11,13H2,1-2H3,(H,22,24,26)/b8-6+.